The van der Waals surface area contributed by atoms with E-state index in [1.807, 2.05) is 0 Å². The molecule has 0 aromatic rings. The van der Waals surface area contributed by atoms with Crippen molar-refractivity contribution in [3.8, 4) is 0 Å². The quantitative estimate of drug-likeness (QED) is 0.533. The maximum atomic E-state index is 8.48. The van der Waals surface area contributed by atoms with Crippen molar-refractivity contribution in [1.29, 1.82) is 0 Å². The average Bonchev–Trinajstić information content (AvgIpc) is 2.25. The van der Waals surface area contributed by atoms with Gasteiger partial charge in [-0.25, -0.2) is 0 Å². The summed E-state index contributed by atoms with van der Waals surface area (Å²) in [5.74, 6) is 0.704. The Morgan fingerprint density at radius 3 is 1.71 bits per heavy atom. The van der Waals surface area contributed by atoms with Crippen LogP contribution in [0.5, 0.6) is 0 Å². The summed E-state index contributed by atoms with van der Waals surface area (Å²) in [5, 5.41) is 0. The van der Waals surface area contributed by atoms with Gasteiger partial charge in [0.1, 0.15) is 0 Å². The largest absolute Gasteiger partial charge is 0.598 e. The number of unbranched alkanes of at least 4 members (excludes halogenated alkanes) is 2. The summed E-state index contributed by atoms with van der Waals surface area (Å²) in [6.45, 7) is 14.1. The third-order valence-corrected chi connectivity index (χ3v) is 1.90. The summed E-state index contributed by atoms with van der Waals surface area (Å²) in [6.07, 6.45) is 7.49. The van der Waals surface area contributed by atoms with E-state index in [1.54, 1.807) is 0 Å². The van der Waals surface area contributed by atoms with Crippen LogP contribution in [-0.2, 0) is 4.57 Å². The van der Waals surface area contributed by atoms with Crippen LogP contribution >= 0.6 is 8.25 Å². The van der Waals surface area contributed by atoms with Gasteiger partial charge < -0.3 is 23.6 Å². The van der Waals surface area contributed by atoms with Crippen LogP contribution in [0.15, 0.2) is 0 Å². The first kappa shape index (κ1) is 26.8. The van der Waals surface area contributed by atoms with Crippen LogP contribution in [0.4, 0.5) is 0 Å². The Kier molecular flexibility index (Phi) is 41.1. The summed E-state index contributed by atoms with van der Waals surface area (Å²) in [7, 11) is -3.37. The maximum Gasteiger partial charge on any atom is 0.276 e. The van der Waals surface area contributed by atoms with Crippen molar-refractivity contribution in [2.45, 2.75) is 59.3 Å². The topological polar surface area (TPSA) is 63.2 Å². The minimum Gasteiger partial charge on any atom is -0.598 e. The predicted octanol–water partition coefficient (Wildman–Crippen LogP) is 3.02. The second-order valence-electron chi connectivity index (χ2n) is 3.49. The SMILES string of the molecule is O=[P+]([O-])[O-].[CH2-]C(CC)CCCC.[CH2-]CCC.[Nd]. The molecule has 0 N–H and O–H groups in total. The van der Waals surface area contributed by atoms with Gasteiger partial charge in [-0.15, -0.1) is 0 Å². The molecule has 1 atom stereocenters. The first-order valence-electron chi connectivity index (χ1n) is 5.89. The van der Waals surface area contributed by atoms with Crippen LogP contribution in [0.25, 0.3) is 0 Å². The predicted molar refractivity (Wildman–Crippen MR) is 66.5 cm³/mol. The molecule has 0 saturated heterocycles. The van der Waals surface area contributed by atoms with Gasteiger partial charge in [-0.2, -0.15) is 12.3 Å². The normalized spacial score (nSPS) is 9.82. The molecule has 0 aromatic carbocycles. The fourth-order valence-electron chi connectivity index (χ4n) is 0.697. The van der Waals surface area contributed by atoms with E-state index in [1.165, 1.54) is 32.1 Å². The van der Waals surface area contributed by atoms with E-state index in [2.05, 4.69) is 34.6 Å². The van der Waals surface area contributed by atoms with Gasteiger partial charge in [0.2, 0.25) is 0 Å². The zero-order valence-corrected chi connectivity index (χ0v) is 15.5. The molecule has 3 nitrogen and oxygen atoms in total. The maximum absolute atomic E-state index is 8.48. The van der Waals surface area contributed by atoms with Crippen molar-refractivity contribution >= 4 is 8.25 Å². The van der Waals surface area contributed by atoms with E-state index in [0.717, 1.165) is 6.42 Å². The number of hydrogen-bond donors (Lipinski definition) is 0. The van der Waals surface area contributed by atoms with Crippen molar-refractivity contribution in [2.24, 2.45) is 5.92 Å². The van der Waals surface area contributed by atoms with Crippen LogP contribution in [0.1, 0.15) is 59.3 Å². The van der Waals surface area contributed by atoms with Crippen molar-refractivity contribution in [1.82, 2.24) is 0 Å². The summed E-state index contributed by atoms with van der Waals surface area (Å²) in [5.41, 5.74) is 0. The fraction of sp³-hybridized carbons (Fsp3) is 0.833. The first-order chi connectivity index (χ1) is 7.45. The van der Waals surface area contributed by atoms with E-state index < -0.39 is 8.25 Å². The van der Waals surface area contributed by atoms with Gasteiger partial charge in [-0.3, -0.25) is 0 Å². The molecule has 0 saturated carbocycles. The van der Waals surface area contributed by atoms with Crippen LogP contribution in [0.2, 0.25) is 0 Å². The van der Waals surface area contributed by atoms with Gasteiger partial charge in [-0.1, -0.05) is 57.4 Å². The molecule has 0 heterocycles. The molecular weight excluding hydrogens is 367 g/mol. The van der Waals surface area contributed by atoms with E-state index in [-0.39, 0.29) is 40.8 Å². The van der Waals surface area contributed by atoms with Crippen molar-refractivity contribution in [2.75, 3.05) is 0 Å². The van der Waals surface area contributed by atoms with Gasteiger partial charge >= 0.3 is 0 Å². The Bertz CT molecular complexity index is 129. The molecule has 0 fully saturated rings. The molecule has 0 aromatic heterocycles. The molecule has 0 rings (SSSR count). The zero-order valence-electron chi connectivity index (χ0n) is 11.4. The smallest absolute Gasteiger partial charge is 0.276 e. The van der Waals surface area contributed by atoms with E-state index in [4.69, 9.17) is 14.4 Å². The molecule has 0 aliphatic carbocycles. The van der Waals surface area contributed by atoms with Gasteiger partial charge in [0.15, 0.2) is 0 Å². The third kappa shape index (κ3) is 58.6. The monoisotopic (exact) mass is 391 g/mol. The molecule has 0 spiro atoms. The van der Waals surface area contributed by atoms with Crippen LogP contribution in [0, 0.1) is 60.6 Å². The van der Waals surface area contributed by atoms with Crippen LogP contribution < -0.4 is 9.79 Å². The second kappa shape index (κ2) is 26.0. The van der Waals surface area contributed by atoms with Crippen molar-refractivity contribution < 1.29 is 55.2 Å². The molecule has 1 unspecified atom stereocenters. The van der Waals surface area contributed by atoms with E-state index >= 15 is 0 Å². The minimum absolute atomic E-state index is 0. The Morgan fingerprint density at radius 1 is 1.18 bits per heavy atom. The summed E-state index contributed by atoms with van der Waals surface area (Å²) in [4.78, 5) is 17.0. The fourth-order valence-corrected chi connectivity index (χ4v) is 0.697. The minimum atomic E-state index is -3.37. The summed E-state index contributed by atoms with van der Waals surface area (Å²) < 4.78 is 8.48. The zero-order chi connectivity index (χ0) is 13.4. The van der Waals surface area contributed by atoms with Crippen molar-refractivity contribution in [3.63, 3.8) is 0 Å². The van der Waals surface area contributed by atoms with E-state index in [0.29, 0.717) is 5.92 Å². The van der Waals surface area contributed by atoms with Crippen molar-refractivity contribution in [3.05, 3.63) is 13.8 Å². The Hall–Kier alpha value is 1.37. The van der Waals surface area contributed by atoms with E-state index in [9.17, 15) is 0 Å². The molecule has 5 heteroatoms. The first-order valence-corrected chi connectivity index (χ1v) is 6.99. The van der Waals surface area contributed by atoms with Crippen LogP contribution in [-0.4, -0.2) is 0 Å². The standard InChI is InChI=1S/C8H17.C4H9.Nd.HO3P/c1-4-6-7-8(3)5-2;1-3-4-2;;1-4(2)3/h8H,3-7H2,1-2H3;1,3-4H2,2H3;;(H,1,2,3)/q2*-1;;/p-1. The molecule has 0 bridgehead atoms. The molecule has 17 heavy (non-hydrogen) atoms. The summed E-state index contributed by atoms with van der Waals surface area (Å²) >= 11 is 0. The summed E-state index contributed by atoms with van der Waals surface area (Å²) in [6, 6.07) is 0. The third-order valence-electron chi connectivity index (χ3n) is 1.90. The average molecular weight is 394 g/mol. The number of hydrogen-bond acceptors (Lipinski definition) is 3. The van der Waals surface area contributed by atoms with Gasteiger partial charge in [0, 0.05) is 40.8 Å². The van der Waals surface area contributed by atoms with Gasteiger partial charge in [-0.05, 0) is 0 Å². The van der Waals surface area contributed by atoms with Crippen LogP contribution in [0.3, 0.4) is 0 Å². The second-order valence-corrected chi connectivity index (χ2v) is 3.94. The molecular formula is C12H26NdO3P-3. The number of rotatable bonds is 5. The Morgan fingerprint density at radius 2 is 1.53 bits per heavy atom. The molecule has 0 aliphatic rings. The van der Waals surface area contributed by atoms with Gasteiger partial charge in [0.05, 0.1) is 0 Å². The Labute approximate surface area is 141 Å². The molecule has 0 radical (unpaired) electrons. The molecule has 0 aliphatic heterocycles. The molecule has 104 valence electrons. The Balaban J connectivity index is -0.0000000806. The van der Waals surface area contributed by atoms with Gasteiger partial charge in [0.25, 0.3) is 8.25 Å². The molecule has 0 amide bonds.